The van der Waals surface area contributed by atoms with E-state index >= 15 is 0 Å². The number of likely N-dealkylation sites (N-methyl/N-ethyl adjacent to an activating group) is 1. The standard InChI is InChI=1S/C23H31N3O4S/c1-16-10-12-20(13-11-16)14-25(19(4)23(28)24-5)22(27)15-26(31(6,29)30)21-9-7-8-17(2)18(21)3/h7-13,19H,14-15H2,1-6H3,(H,24,28)/t19-/m0/s1. The fourth-order valence-electron chi connectivity index (χ4n) is 3.28. The van der Waals surface area contributed by atoms with Crippen LogP contribution in [0.25, 0.3) is 0 Å². The van der Waals surface area contributed by atoms with Gasteiger partial charge in [-0.1, -0.05) is 42.0 Å². The van der Waals surface area contributed by atoms with Gasteiger partial charge in [0.05, 0.1) is 11.9 Å². The molecular formula is C23H31N3O4S. The number of carbonyl (C=O) groups excluding carboxylic acids is 2. The van der Waals surface area contributed by atoms with Gasteiger partial charge < -0.3 is 10.2 Å². The Morgan fingerprint density at radius 3 is 2.19 bits per heavy atom. The summed E-state index contributed by atoms with van der Waals surface area (Å²) in [6.07, 6.45) is 1.08. The van der Waals surface area contributed by atoms with E-state index in [1.165, 1.54) is 11.9 Å². The van der Waals surface area contributed by atoms with Gasteiger partial charge in [-0.3, -0.25) is 13.9 Å². The molecule has 2 rings (SSSR count). The SMILES string of the molecule is CNC(=O)[C@H](C)N(Cc1ccc(C)cc1)C(=O)CN(c1cccc(C)c1C)S(C)(=O)=O. The van der Waals surface area contributed by atoms with Crippen molar-refractivity contribution in [1.82, 2.24) is 10.2 Å². The number of sulfonamides is 1. The van der Waals surface area contributed by atoms with Crippen molar-refractivity contribution in [2.75, 3.05) is 24.2 Å². The third-order valence-corrected chi connectivity index (χ3v) is 6.54. The monoisotopic (exact) mass is 445 g/mol. The zero-order chi connectivity index (χ0) is 23.3. The number of nitrogens with one attached hydrogen (secondary N) is 1. The molecule has 168 valence electrons. The van der Waals surface area contributed by atoms with Gasteiger partial charge in [-0.25, -0.2) is 8.42 Å². The minimum Gasteiger partial charge on any atom is -0.357 e. The zero-order valence-electron chi connectivity index (χ0n) is 19.0. The second-order valence-corrected chi connectivity index (χ2v) is 9.69. The Balaban J connectivity index is 2.42. The normalized spacial score (nSPS) is 12.2. The lowest BCUT2D eigenvalue weighted by Gasteiger charge is -2.31. The molecular weight excluding hydrogens is 414 g/mol. The molecule has 31 heavy (non-hydrogen) atoms. The lowest BCUT2D eigenvalue weighted by atomic mass is 10.1. The number of hydrogen-bond acceptors (Lipinski definition) is 4. The third-order valence-electron chi connectivity index (χ3n) is 5.41. The fraction of sp³-hybridized carbons (Fsp3) is 0.391. The molecule has 2 aromatic rings. The van der Waals surface area contributed by atoms with Crippen LogP contribution in [-0.2, 0) is 26.2 Å². The summed E-state index contributed by atoms with van der Waals surface area (Å²) in [6, 6.07) is 12.2. The van der Waals surface area contributed by atoms with Crippen LogP contribution in [0.1, 0.15) is 29.2 Å². The number of aryl methyl sites for hydroxylation is 2. The van der Waals surface area contributed by atoms with Crippen LogP contribution < -0.4 is 9.62 Å². The molecule has 0 unspecified atom stereocenters. The Kier molecular flexibility index (Phi) is 7.84. The highest BCUT2D eigenvalue weighted by molar-refractivity contribution is 7.92. The smallest absolute Gasteiger partial charge is 0.244 e. The Morgan fingerprint density at radius 1 is 1.03 bits per heavy atom. The first kappa shape index (κ1) is 24.4. The van der Waals surface area contributed by atoms with E-state index in [0.717, 1.165) is 32.8 Å². The van der Waals surface area contributed by atoms with Crippen molar-refractivity contribution in [2.45, 2.75) is 40.3 Å². The summed E-state index contributed by atoms with van der Waals surface area (Å²) < 4.78 is 26.3. The van der Waals surface area contributed by atoms with E-state index in [-0.39, 0.29) is 12.5 Å². The topological polar surface area (TPSA) is 86.8 Å². The lowest BCUT2D eigenvalue weighted by molar-refractivity contribution is -0.139. The molecule has 0 saturated carbocycles. The maximum atomic E-state index is 13.3. The van der Waals surface area contributed by atoms with Gasteiger partial charge >= 0.3 is 0 Å². The third kappa shape index (κ3) is 6.07. The average molecular weight is 446 g/mol. The first-order chi connectivity index (χ1) is 14.5. The van der Waals surface area contributed by atoms with Crippen LogP contribution >= 0.6 is 0 Å². The van der Waals surface area contributed by atoms with Gasteiger partial charge in [0, 0.05) is 13.6 Å². The van der Waals surface area contributed by atoms with Gasteiger partial charge in [-0.15, -0.1) is 0 Å². The van der Waals surface area contributed by atoms with Crippen LogP contribution in [-0.4, -0.2) is 51.0 Å². The minimum absolute atomic E-state index is 0.193. The Morgan fingerprint density at radius 2 is 1.65 bits per heavy atom. The highest BCUT2D eigenvalue weighted by atomic mass is 32.2. The predicted molar refractivity (Wildman–Crippen MR) is 123 cm³/mol. The first-order valence-corrected chi connectivity index (χ1v) is 11.9. The summed E-state index contributed by atoms with van der Waals surface area (Å²) in [5, 5.41) is 2.56. The molecule has 0 aliphatic heterocycles. The summed E-state index contributed by atoms with van der Waals surface area (Å²) in [5.74, 6) is -0.777. The van der Waals surface area contributed by atoms with Crippen molar-refractivity contribution < 1.29 is 18.0 Å². The van der Waals surface area contributed by atoms with Gasteiger partial charge in [-0.2, -0.15) is 0 Å². The molecule has 8 heteroatoms. The second-order valence-electron chi connectivity index (χ2n) is 7.79. The van der Waals surface area contributed by atoms with Gasteiger partial charge in [0.15, 0.2) is 0 Å². The van der Waals surface area contributed by atoms with Gasteiger partial charge in [0.25, 0.3) is 0 Å². The number of hydrogen-bond donors (Lipinski definition) is 1. The number of nitrogens with zero attached hydrogens (tertiary/aromatic N) is 2. The van der Waals surface area contributed by atoms with Crippen molar-refractivity contribution in [1.29, 1.82) is 0 Å². The number of anilines is 1. The van der Waals surface area contributed by atoms with E-state index in [0.29, 0.717) is 5.69 Å². The summed E-state index contributed by atoms with van der Waals surface area (Å²) in [7, 11) is -2.22. The highest BCUT2D eigenvalue weighted by Crippen LogP contribution is 2.25. The summed E-state index contributed by atoms with van der Waals surface area (Å²) >= 11 is 0. The van der Waals surface area contributed by atoms with E-state index in [9.17, 15) is 18.0 Å². The Hall–Kier alpha value is -2.87. The molecule has 1 atom stereocenters. The number of carbonyl (C=O) groups is 2. The van der Waals surface area contributed by atoms with Crippen molar-refractivity contribution in [2.24, 2.45) is 0 Å². The Bertz CT molecular complexity index is 1050. The van der Waals surface area contributed by atoms with E-state index < -0.39 is 28.5 Å². The summed E-state index contributed by atoms with van der Waals surface area (Å²) in [4.78, 5) is 27.1. The van der Waals surface area contributed by atoms with Crippen LogP contribution in [0.15, 0.2) is 42.5 Å². The largest absolute Gasteiger partial charge is 0.357 e. The maximum Gasteiger partial charge on any atom is 0.244 e. The van der Waals surface area contributed by atoms with E-state index in [1.807, 2.05) is 51.1 Å². The van der Waals surface area contributed by atoms with Crippen molar-refractivity contribution in [3.8, 4) is 0 Å². The van der Waals surface area contributed by atoms with Crippen molar-refractivity contribution in [3.05, 3.63) is 64.7 Å². The number of rotatable bonds is 8. The molecule has 0 spiro atoms. The van der Waals surface area contributed by atoms with E-state index in [2.05, 4.69) is 5.32 Å². The molecule has 0 aromatic heterocycles. The van der Waals surface area contributed by atoms with Crippen LogP contribution in [0.2, 0.25) is 0 Å². The fourth-order valence-corrected chi connectivity index (χ4v) is 4.18. The summed E-state index contributed by atoms with van der Waals surface area (Å²) in [6.45, 7) is 7.11. The molecule has 0 heterocycles. The second kappa shape index (κ2) is 9.96. The van der Waals surface area contributed by atoms with E-state index in [4.69, 9.17) is 0 Å². The molecule has 0 bridgehead atoms. The molecule has 0 aliphatic carbocycles. The van der Waals surface area contributed by atoms with Crippen LogP contribution in [0.4, 0.5) is 5.69 Å². The molecule has 0 aliphatic rings. The van der Waals surface area contributed by atoms with Crippen LogP contribution in [0.3, 0.4) is 0 Å². The minimum atomic E-state index is -3.73. The van der Waals surface area contributed by atoms with Gasteiger partial charge in [0.1, 0.15) is 12.6 Å². The number of benzene rings is 2. The van der Waals surface area contributed by atoms with E-state index in [1.54, 1.807) is 19.1 Å². The predicted octanol–water partition coefficient (Wildman–Crippen LogP) is 2.54. The molecule has 0 radical (unpaired) electrons. The zero-order valence-corrected chi connectivity index (χ0v) is 19.8. The molecule has 2 amide bonds. The van der Waals surface area contributed by atoms with Crippen LogP contribution in [0, 0.1) is 20.8 Å². The molecule has 0 saturated heterocycles. The summed E-state index contributed by atoms with van der Waals surface area (Å²) in [5.41, 5.74) is 4.10. The molecule has 2 aromatic carbocycles. The average Bonchev–Trinajstić information content (AvgIpc) is 2.71. The van der Waals surface area contributed by atoms with Crippen LogP contribution in [0.5, 0.6) is 0 Å². The highest BCUT2D eigenvalue weighted by Gasteiger charge is 2.30. The quantitative estimate of drug-likeness (QED) is 0.677. The first-order valence-electron chi connectivity index (χ1n) is 10.1. The molecule has 1 N–H and O–H groups in total. The van der Waals surface area contributed by atoms with Gasteiger partial charge in [0.2, 0.25) is 21.8 Å². The van der Waals surface area contributed by atoms with Crippen molar-refractivity contribution >= 4 is 27.5 Å². The maximum absolute atomic E-state index is 13.3. The van der Waals surface area contributed by atoms with Gasteiger partial charge in [-0.05, 0) is 50.5 Å². The number of amides is 2. The lowest BCUT2D eigenvalue weighted by Crippen LogP contribution is -2.50. The molecule has 0 fully saturated rings. The van der Waals surface area contributed by atoms with Crippen molar-refractivity contribution in [3.63, 3.8) is 0 Å². The molecule has 7 nitrogen and oxygen atoms in total. The Labute approximate surface area is 185 Å².